The molecule has 0 spiro atoms. The molecule has 2 aromatic rings. The fraction of sp³-hybridized carbons (Fsp3) is 0.308. The number of hydrogen-bond donors (Lipinski definition) is 2. The van der Waals surface area contributed by atoms with Gasteiger partial charge in [-0.05, 0) is 31.4 Å². The lowest BCUT2D eigenvalue weighted by molar-refractivity contribution is 0.193. The smallest absolute Gasteiger partial charge is 0.126 e. The van der Waals surface area contributed by atoms with E-state index in [0.29, 0.717) is 11.9 Å². The van der Waals surface area contributed by atoms with Crippen molar-refractivity contribution in [3.8, 4) is 16.9 Å². The molecule has 0 amide bonds. The number of aromatic nitrogens is 2. The van der Waals surface area contributed by atoms with Gasteiger partial charge in [0.2, 0.25) is 0 Å². The van der Waals surface area contributed by atoms with Gasteiger partial charge in [-0.3, -0.25) is 5.10 Å². The fourth-order valence-corrected chi connectivity index (χ4v) is 2.32. The van der Waals surface area contributed by atoms with Crippen LogP contribution in [0.3, 0.4) is 0 Å². The predicted octanol–water partition coefficient (Wildman–Crippen LogP) is 2.37. The molecule has 1 aliphatic rings. The van der Waals surface area contributed by atoms with E-state index in [0.717, 1.165) is 29.7 Å². The molecule has 0 saturated heterocycles. The summed E-state index contributed by atoms with van der Waals surface area (Å²) in [7, 11) is 0. The van der Waals surface area contributed by atoms with E-state index in [2.05, 4.69) is 23.2 Å². The van der Waals surface area contributed by atoms with Gasteiger partial charge >= 0.3 is 0 Å². The minimum absolute atomic E-state index is 0.291. The first kappa shape index (κ1) is 10.2. The van der Waals surface area contributed by atoms with Crippen LogP contribution in [0.2, 0.25) is 0 Å². The van der Waals surface area contributed by atoms with Gasteiger partial charge in [0.05, 0.1) is 12.3 Å². The van der Waals surface area contributed by atoms with Crippen LogP contribution in [0.25, 0.3) is 11.1 Å². The van der Waals surface area contributed by atoms with Crippen molar-refractivity contribution >= 4 is 5.82 Å². The van der Waals surface area contributed by atoms with Crippen LogP contribution in [-0.2, 0) is 6.42 Å². The van der Waals surface area contributed by atoms with Crippen LogP contribution in [0.1, 0.15) is 18.9 Å². The molecule has 0 fully saturated rings. The number of hydrogen-bond acceptors (Lipinski definition) is 3. The van der Waals surface area contributed by atoms with Crippen molar-refractivity contribution in [2.45, 2.75) is 25.9 Å². The van der Waals surface area contributed by atoms with Crippen molar-refractivity contribution in [2.75, 3.05) is 5.73 Å². The number of anilines is 1. The summed E-state index contributed by atoms with van der Waals surface area (Å²) in [5.41, 5.74) is 9.19. The average molecular weight is 229 g/mol. The van der Waals surface area contributed by atoms with E-state index in [9.17, 15) is 0 Å². The Kier molecular flexibility index (Phi) is 2.28. The molecule has 3 N–H and O–H groups in total. The number of fused-ring (bicyclic) bond motifs is 1. The van der Waals surface area contributed by atoms with E-state index in [1.54, 1.807) is 6.20 Å². The van der Waals surface area contributed by atoms with Crippen LogP contribution >= 0.6 is 0 Å². The van der Waals surface area contributed by atoms with Crippen molar-refractivity contribution in [1.82, 2.24) is 10.2 Å². The van der Waals surface area contributed by atoms with E-state index < -0.39 is 0 Å². The van der Waals surface area contributed by atoms with Crippen molar-refractivity contribution in [3.63, 3.8) is 0 Å². The summed E-state index contributed by atoms with van der Waals surface area (Å²) in [6, 6.07) is 6.09. The summed E-state index contributed by atoms with van der Waals surface area (Å²) in [6.45, 7) is 2.10. The quantitative estimate of drug-likeness (QED) is 0.789. The molecular weight excluding hydrogens is 214 g/mol. The van der Waals surface area contributed by atoms with E-state index in [1.165, 1.54) is 5.56 Å². The predicted molar refractivity (Wildman–Crippen MR) is 66.8 cm³/mol. The molecule has 88 valence electrons. The van der Waals surface area contributed by atoms with Crippen LogP contribution in [-0.4, -0.2) is 16.3 Å². The SMILES string of the molecule is CC1CCc2c(cccc2-c2cn[nH]c2N)O1. The third-order valence-corrected chi connectivity index (χ3v) is 3.22. The first-order valence-electron chi connectivity index (χ1n) is 5.83. The molecule has 1 aliphatic heterocycles. The lowest BCUT2D eigenvalue weighted by atomic mass is 9.94. The van der Waals surface area contributed by atoms with Crippen LogP contribution in [0.5, 0.6) is 5.75 Å². The Morgan fingerprint density at radius 2 is 2.29 bits per heavy atom. The van der Waals surface area contributed by atoms with Crippen LogP contribution in [0.4, 0.5) is 5.82 Å². The molecule has 1 aromatic heterocycles. The Hall–Kier alpha value is -1.97. The molecule has 0 aliphatic carbocycles. The van der Waals surface area contributed by atoms with Crippen molar-refractivity contribution in [1.29, 1.82) is 0 Å². The maximum absolute atomic E-state index is 5.87. The zero-order chi connectivity index (χ0) is 11.8. The molecule has 17 heavy (non-hydrogen) atoms. The average Bonchev–Trinajstić information content (AvgIpc) is 2.74. The number of H-pyrrole nitrogens is 1. The summed E-state index contributed by atoms with van der Waals surface area (Å²) >= 11 is 0. The highest BCUT2D eigenvalue weighted by Gasteiger charge is 2.20. The van der Waals surface area contributed by atoms with Crippen LogP contribution < -0.4 is 10.5 Å². The van der Waals surface area contributed by atoms with Gasteiger partial charge in [0.1, 0.15) is 11.6 Å². The maximum atomic E-state index is 5.87. The topological polar surface area (TPSA) is 63.9 Å². The van der Waals surface area contributed by atoms with Gasteiger partial charge in [0, 0.05) is 11.1 Å². The van der Waals surface area contributed by atoms with Gasteiger partial charge < -0.3 is 10.5 Å². The molecule has 0 bridgehead atoms. The van der Waals surface area contributed by atoms with Gasteiger partial charge in [-0.25, -0.2) is 0 Å². The molecular formula is C13H15N3O. The summed E-state index contributed by atoms with van der Waals surface area (Å²) in [6.07, 6.45) is 4.13. The largest absolute Gasteiger partial charge is 0.490 e. The standard InChI is InChI=1S/C13H15N3O/c1-8-5-6-10-9(3-2-4-12(10)17-8)11-7-15-16-13(11)14/h2-4,7-8H,5-6H2,1H3,(H3,14,15,16). The molecule has 0 saturated carbocycles. The second-order valence-corrected chi connectivity index (χ2v) is 4.45. The third kappa shape index (κ3) is 1.65. The summed E-state index contributed by atoms with van der Waals surface area (Å²) in [5.74, 6) is 1.58. The Bertz CT molecular complexity index is 547. The number of nitrogens with zero attached hydrogens (tertiary/aromatic N) is 1. The minimum Gasteiger partial charge on any atom is -0.490 e. The molecule has 4 nitrogen and oxygen atoms in total. The normalized spacial score (nSPS) is 18.5. The number of rotatable bonds is 1. The van der Waals surface area contributed by atoms with Gasteiger partial charge in [0.25, 0.3) is 0 Å². The second kappa shape index (κ2) is 3.80. The van der Waals surface area contributed by atoms with Crippen molar-refractivity contribution in [2.24, 2.45) is 0 Å². The van der Waals surface area contributed by atoms with Crippen LogP contribution in [0, 0.1) is 0 Å². The Morgan fingerprint density at radius 1 is 1.41 bits per heavy atom. The highest BCUT2D eigenvalue weighted by atomic mass is 16.5. The minimum atomic E-state index is 0.291. The Labute approximate surface area is 99.8 Å². The molecule has 4 heteroatoms. The second-order valence-electron chi connectivity index (χ2n) is 4.45. The zero-order valence-electron chi connectivity index (χ0n) is 9.73. The lowest BCUT2D eigenvalue weighted by Gasteiger charge is -2.25. The summed E-state index contributed by atoms with van der Waals surface area (Å²) < 4.78 is 5.84. The third-order valence-electron chi connectivity index (χ3n) is 3.22. The molecule has 1 atom stereocenters. The number of nitrogens with one attached hydrogen (secondary N) is 1. The Morgan fingerprint density at radius 3 is 3.06 bits per heavy atom. The number of nitrogen functional groups attached to an aromatic ring is 1. The van der Waals surface area contributed by atoms with Gasteiger partial charge in [0.15, 0.2) is 0 Å². The van der Waals surface area contributed by atoms with Crippen molar-refractivity contribution in [3.05, 3.63) is 30.0 Å². The maximum Gasteiger partial charge on any atom is 0.126 e. The summed E-state index contributed by atoms with van der Waals surface area (Å²) in [4.78, 5) is 0. The van der Waals surface area contributed by atoms with E-state index >= 15 is 0 Å². The molecule has 2 heterocycles. The Balaban J connectivity index is 2.13. The van der Waals surface area contributed by atoms with E-state index in [-0.39, 0.29) is 0 Å². The van der Waals surface area contributed by atoms with Gasteiger partial charge in [-0.15, -0.1) is 0 Å². The zero-order valence-corrected chi connectivity index (χ0v) is 9.73. The number of ether oxygens (including phenoxy) is 1. The fourth-order valence-electron chi connectivity index (χ4n) is 2.32. The first-order valence-corrected chi connectivity index (χ1v) is 5.83. The highest BCUT2D eigenvalue weighted by Crippen LogP contribution is 2.37. The molecule has 3 rings (SSSR count). The summed E-state index contributed by atoms with van der Waals surface area (Å²) in [5, 5.41) is 6.74. The first-order chi connectivity index (χ1) is 8.25. The molecule has 1 aromatic carbocycles. The monoisotopic (exact) mass is 229 g/mol. The number of aromatic amines is 1. The highest BCUT2D eigenvalue weighted by molar-refractivity contribution is 5.77. The van der Waals surface area contributed by atoms with E-state index in [4.69, 9.17) is 10.5 Å². The van der Waals surface area contributed by atoms with Crippen LogP contribution in [0.15, 0.2) is 24.4 Å². The molecule has 0 radical (unpaired) electrons. The van der Waals surface area contributed by atoms with Gasteiger partial charge in [-0.2, -0.15) is 5.10 Å². The van der Waals surface area contributed by atoms with Crippen molar-refractivity contribution < 1.29 is 4.74 Å². The number of benzene rings is 1. The lowest BCUT2D eigenvalue weighted by Crippen LogP contribution is -2.19. The molecule has 1 unspecified atom stereocenters. The van der Waals surface area contributed by atoms with E-state index in [1.807, 2.05) is 12.1 Å². The number of nitrogens with two attached hydrogens (primary N) is 1. The van der Waals surface area contributed by atoms with Gasteiger partial charge in [-0.1, -0.05) is 12.1 Å².